The van der Waals surface area contributed by atoms with Crippen LogP contribution in [-0.4, -0.2) is 52.4 Å². The minimum absolute atomic E-state index is 0.0566. The van der Waals surface area contributed by atoms with Crippen LogP contribution < -0.4 is 20.9 Å². The van der Waals surface area contributed by atoms with Gasteiger partial charge in [-0.1, -0.05) is 38.1 Å². The Hall–Kier alpha value is -4.44. The van der Waals surface area contributed by atoms with E-state index in [0.29, 0.717) is 36.7 Å². The van der Waals surface area contributed by atoms with Crippen molar-refractivity contribution in [3.8, 4) is 0 Å². The molecule has 0 spiro atoms. The average molecular weight is 527 g/mol. The number of nitrogens with one attached hydrogen (secondary N) is 4. The molecule has 1 amide bonds. The number of carbonyl (C=O) groups excluding carboxylic acids is 1. The van der Waals surface area contributed by atoms with Gasteiger partial charge in [0.25, 0.3) is 0 Å². The Morgan fingerprint density at radius 1 is 0.949 bits per heavy atom. The van der Waals surface area contributed by atoms with Crippen molar-refractivity contribution in [2.24, 2.45) is 0 Å². The Balaban J connectivity index is 1.25. The SMILES string of the molecule is Cc1cc(Nc2cc(N3CCOCC3)nc(Nc3ccc(CC(=O)Nc4ccc(C(C)C)cc4)cc3)n2)n[nH]1. The summed E-state index contributed by atoms with van der Waals surface area (Å²) in [7, 11) is 0. The number of amides is 1. The zero-order valence-corrected chi connectivity index (χ0v) is 22.5. The molecule has 10 heteroatoms. The molecule has 0 unspecified atom stereocenters. The number of hydrogen-bond acceptors (Lipinski definition) is 8. The van der Waals surface area contributed by atoms with E-state index in [9.17, 15) is 4.79 Å². The van der Waals surface area contributed by atoms with Gasteiger partial charge in [-0.25, -0.2) is 0 Å². The first kappa shape index (κ1) is 26.2. The number of morpholine rings is 1. The van der Waals surface area contributed by atoms with Crippen LogP contribution in [-0.2, 0) is 16.0 Å². The van der Waals surface area contributed by atoms with Gasteiger partial charge in [0.15, 0.2) is 5.82 Å². The van der Waals surface area contributed by atoms with Gasteiger partial charge in [-0.3, -0.25) is 9.89 Å². The van der Waals surface area contributed by atoms with E-state index in [2.05, 4.69) is 49.9 Å². The lowest BCUT2D eigenvalue weighted by molar-refractivity contribution is -0.115. The molecule has 3 heterocycles. The number of rotatable bonds is 9. The van der Waals surface area contributed by atoms with E-state index in [4.69, 9.17) is 9.72 Å². The van der Waals surface area contributed by atoms with Gasteiger partial charge in [-0.05, 0) is 48.2 Å². The molecule has 5 rings (SSSR count). The van der Waals surface area contributed by atoms with Crippen LogP contribution in [0.5, 0.6) is 0 Å². The molecule has 4 N–H and O–H groups in total. The summed E-state index contributed by atoms with van der Waals surface area (Å²) < 4.78 is 5.50. The van der Waals surface area contributed by atoms with E-state index < -0.39 is 0 Å². The highest BCUT2D eigenvalue weighted by atomic mass is 16.5. The molecule has 2 aromatic heterocycles. The molecule has 1 saturated heterocycles. The number of aryl methyl sites for hydroxylation is 1. The predicted octanol–water partition coefficient (Wildman–Crippen LogP) is 5.14. The maximum atomic E-state index is 12.6. The van der Waals surface area contributed by atoms with E-state index in [1.807, 2.05) is 67.6 Å². The fourth-order valence-electron chi connectivity index (χ4n) is 4.30. The Labute approximate surface area is 228 Å². The summed E-state index contributed by atoms with van der Waals surface area (Å²) in [6.45, 7) is 9.08. The van der Waals surface area contributed by atoms with Gasteiger partial charge in [-0.15, -0.1) is 0 Å². The van der Waals surface area contributed by atoms with Crippen molar-refractivity contribution in [2.75, 3.05) is 47.2 Å². The molecule has 4 aromatic rings. The molecule has 0 atom stereocenters. The standard InChI is InChI=1S/C29H34N8O2/c1-19(2)22-6-10-23(11-7-22)30-28(38)17-21-4-8-24(9-5-21)31-29-33-25(32-26-16-20(3)35-36-26)18-27(34-29)37-12-14-39-15-13-37/h4-11,16,18-19H,12-15,17H2,1-3H3,(H,30,38)(H3,31,32,33,34,35,36). The number of ether oxygens (including phenoxy) is 1. The summed E-state index contributed by atoms with van der Waals surface area (Å²) in [6, 6.07) is 19.5. The van der Waals surface area contributed by atoms with Gasteiger partial charge in [0.2, 0.25) is 11.9 Å². The van der Waals surface area contributed by atoms with Crippen molar-refractivity contribution >= 4 is 40.7 Å². The molecule has 0 radical (unpaired) electrons. The normalized spacial score (nSPS) is 13.4. The predicted molar refractivity (Wildman–Crippen MR) is 154 cm³/mol. The number of aromatic nitrogens is 4. The highest BCUT2D eigenvalue weighted by Crippen LogP contribution is 2.24. The topological polar surface area (TPSA) is 120 Å². The zero-order valence-electron chi connectivity index (χ0n) is 22.5. The fourth-order valence-corrected chi connectivity index (χ4v) is 4.30. The van der Waals surface area contributed by atoms with Crippen molar-refractivity contribution in [2.45, 2.75) is 33.1 Å². The summed E-state index contributed by atoms with van der Waals surface area (Å²) >= 11 is 0. The molecule has 1 aliphatic rings. The second-order valence-corrected chi connectivity index (χ2v) is 9.92. The number of benzene rings is 2. The van der Waals surface area contributed by atoms with Crippen LogP contribution >= 0.6 is 0 Å². The molecule has 202 valence electrons. The maximum absolute atomic E-state index is 12.6. The lowest BCUT2D eigenvalue weighted by Crippen LogP contribution is -2.36. The number of anilines is 6. The van der Waals surface area contributed by atoms with Crippen LogP contribution in [0.15, 0.2) is 60.7 Å². The molecule has 1 aliphatic heterocycles. The van der Waals surface area contributed by atoms with Crippen LogP contribution in [0.1, 0.15) is 36.6 Å². The zero-order chi connectivity index (χ0) is 27.2. The maximum Gasteiger partial charge on any atom is 0.231 e. The second-order valence-electron chi connectivity index (χ2n) is 9.92. The first-order valence-electron chi connectivity index (χ1n) is 13.2. The van der Waals surface area contributed by atoms with Gasteiger partial charge in [0.1, 0.15) is 11.6 Å². The third-order valence-corrected chi connectivity index (χ3v) is 6.45. The highest BCUT2D eigenvalue weighted by molar-refractivity contribution is 5.92. The van der Waals surface area contributed by atoms with E-state index in [0.717, 1.165) is 41.5 Å². The monoisotopic (exact) mass is 526 g/mol. The number of carbonyl (C=O) groups is 1. The largest absolute Gasteiger partial charge is 0.378 e. The van der Waals surface area contributed by atoms with Gasteiger partial charge in [0, 0.05) is 42.3 Å². The van der Waals surface area contributed by atoms with Gasteiger partial charge in [-0.2, -0.15) is 15.1 Å². The molecular formula is C29H34N8O2. The quantitative estimate of drug-likeness (QED) is 0.237. The first-order chi connectivity index (χ1) is 18.9. The Morgan fingerprint density at radius 3 is 2.33 bits per heavy atom. The summed E-state index contributed by atoms with van der Waals surface area (Å²) in [5.74, 6) is 2.99. The van der Waals surface area contributed by atoms with Gasteiger partial charge < -0.3 is 25.6 Å². The molecular weight excluding hydrogens is 492 g/mol. The first-order valence-corrected chi connectivity index (χ1v) is 13.2. The van der Waals surface area contributed by atoms with E-state index >= 15 is 0 Å². The summed E-state index contributed by atoms with van der Waals surface area (Å²) in [4.78, 5) is 24.2. The number of hydrogen-bond donors (Lipinski definition) is 4. The van der Waals surface area contributed by atoms with Crippen LogP contribution in [0.4, 0.5) is 34.8 Å². The van der Waals surface area contributed by atoms with Crippen LogP contribution in [0.3, 0.4) is 0 Å². The summed E-state index contributed by atoms with van der Waals surface area (Å²) in [6.07, 6.45) is 0.284. The molecule has 1 fully saturated rings. The summed E-state index contributed by atoms with van der Waals surface area (Å²) in [5, 5.41) is 16.7. The average Bonchev–Trinajstić information content (AvgIpc) is 3.34. The third-order valence-electron chi connectivity index (χ3n) is 6.45. The van der Waals surface area contributed by atoms with Gasteiger partial charge >= 0.3 is 0 Å². The van der Waals surface area contributed by atoms with E-state index in [-0.39, 0.29) is 12.3 Å². The van der Waals surface area contributed by atoms with Crippen molar-refractivity contribution in [3.05, 3.63) is 77.5 Å². The smallest absolute Gasteiger partial charge is 0.231 e. The minimum Gasteiger partial charge on any atom is -0.378 e. The minimum atomic E-state index is -0.0566. The molecule has 2 aromatic carbocycles. The lowest BCUT2D eigenvalue weighted by atomic mass is 10.0. The number of nitrogens with zero attached hydrogens (tertiary/aromatic N) is 4. The van der Waals surface area contributed by atoms with Crippen LogP contribution in [0.2, 0.25) is 0 Å². The summed E-state index contributed by atoms with van der Waals surface area (Å²) in [5.41, 5.74) is 4.74. The molecule has 10 nitrogen and oxygen atoms in total. The lowest BCUT2D eigenvalue weighted by Gasteiger charge is -2.28. The third kappa shape index (κ3) is 7.11. The molecule has 39 heavy (non-hydrogen) atoms. The Bertz CT molecular complexity index is 1390. The number of aromatic amines is 1. The van der Waals surface area contributed by atoms with Crippen molar-refractivity contribution < 1.29 is 9.53 Å². The van der Waals surface area contributed by atoms with Crippen LogP contribution in [0, 0.1) is 6.92 Å². The highest BCUT2D eigenvalue weighted by Gasteiger charge is 2.16. The van der Waals surface area contributed by atoms with Crippen LogP contribution in [0.25, 0.3) is 0 Å². The second kappa shape index (κ2) is 12.0. The van der Waals surface area contributed by atoms with Crippen molar-refractivity contribution in [1.82, 2.24) is 20.2 Å². The Kier molecular flexibility index (Phi) is 8.02. The Morgan fingerprint density at radius 2 is 1.67 bits per heavy atom. The molecule has 0 bridgehead atoms. The number of H-pyrrole nitrogens is 1. The van der Waals surface area contributed by atoms with E-state index in [1.165, 1.54) is 5.56 Å². The van der Waals surface area contributed by atoms with Crippen molar-refractivity contribution in [1.29, 1.82) is 0 Å². The molecule has 0 saturated carbocycles. The fraction of sp³-hybridized carbons (Fsp3) is 0.310. The van der Waals surface area contributed by atoms with E-state index in [1.54, 1.807) is 0 Å². The van der Waals surface area contributed by atoms with Crippen molar-refractivity contribution in [3.63, 3.8) is 0 Å². The molecule has 0 aliphatic carbocycles. The van der Waals surface area contributed by atoms with Gasteiger partial charge in [0.05, 0.1) is 19.6 Å².